The average molecular weight is 457 g/mol. The predicted octanol–water partition coefficient (Wildman–Crippen LogP) is 3.48. The van der Waals surface area contributed by atoms with E-state index in [0.29, 0.717) is 17.3 Å². The van der Waals surface area contributed by atoms with E-state index < -0.39 is 5.92 Å². The Bertz CT molecular complexity index is 974. The Labute approximate surface area is 193 Å². The Morgan fingerprint density at radius 2 is 1.84 bits per heavy atom. The van der Waals surface area contributed by atoms with E-state index >= 15 is 0 Å². The molecule has 0 aromatic heterocycles. The molecule has 1 N–H and O–H groups in total. The normalized spacial score (nSPS) is 19.3. The fraction of sp³-hybridized carbons (Fsp3) is 0.417. The molecule has 8 heteroatoms. The zero-order valence-electron chi connectivity index (χ0n) is 18.5. The van der Waals surface area contributed by atoms with Gasteiger partial charge in [0.15, 0.2) is 0 Å². The smallest absolute Gasteiger partial charge is 0.229 e. The molecule has 2 aliphatic rings. The standard InChI is InChI=1S/C24H29ClN4O3/c1-3-27-10-12-28(13-11-27)22-9-4-18(25)15-21(22)26-24(31)17-14-23(30)29(16-17)19-5-7-20(32-2)8-6-19/h4-9,15,17H,3,10-14,16H2,1-2H3,(H,26,31). The molecule has 1 unspecified atom stereocenters. The molecule has 2 amide bonds. The van der Waals surface area contributed by atoms with Crippen LogP contribution in [0.2, 0.25) is 5.02 Å². The molecular weight excluding hydrogens is 428 g/mol. The number of hydrogen-bond donors (Lipinski definition) is 1. The van der Waals surface area contributed by atoms with E-state index in [1.54, 1.807) is 18.1 Å². The van der Waals surface area contributed by atoms with Gasteiger partial charge < -0.3 is 24.8 Å². The quantitative estimate of drug-likeness (QED) is 0.720. The summed E-state index contributed by atoms with van der Waals surface area (Å²) in [7, 11) is 1.60. The van der Waals surface area contributed by atoms with E-state index in [0.717, 1.165) is 49.8 Å². The summed E-state index contributed by atoms with van der Waals surface area (Å²) < 4.78 is 5.18. The number of methoxy groups -OCH3 is 1. The summed E-state index contributed by atoms with van der Waals surface area (Å²) in [6.45, 7) is 7.32. The van der Waals surface area contributed by atoms with Crippen molar-refractivity contribution in [3.05, 3.63) is 47.5 Å². The number of nitrogens with one attached hydrogen (secondary N) is 1. The number of rotatable bonds is 6. The molecule has 0 saturated carbocycles. The maximum Gasteiger partial charge on any atom is 0.229 e. The molecular formula is C24H29ClN4O3. The second-order valence-electron chi connectivity index (χ2n) is 8.18. The van der Waals surface area contributed by atoms with Gasteiger partial charge in [-0.25, -0.2) is 0 Å². The molecule has 2 saturated heterocycles. The molecule has 7 nitrogen and oxygen atoms in total. The lowest BCUT2D eigenvalue weighted by Gasteiger charge is -2.36. The second kappa shape index (κ2) is 9.79. The largest absolute Gasteiger partial charge is 0.497 e. The van der Waals surface area contributed by atoms with Crippen LogP contribution < -0.4 is 19.9 Å². The Balaban J connectivity index is 1.46. The van der Waals surface area contributed by atoms with E-state index in [2.05, 4.69) is 22.0 Å². The molecule has 0 spiro atoms. The summed E-state index contributed by atoms with van der Waals surface area (Å²) in [5, 5.41) is 3.62. The van der Waals surface area contributed by atoms with Crippen LogP contribution in [0.25, 0.3) is 0 Å². The Hall–Kier alpha value is -2.77. The molecule has 2 aromatic carbocycles. The first-order chi connectivity index (χ1) is 15.5. The number of carbonyl (C=O) groups is 2. The molecule has 0 bridgehead atoms. The number of hydrogen-bond acceptors (Lipinski definition) is 5. The van der Waals surface area contributed by atoms with Crippen LogP contribution in [-0.4, -0.2) is 63.1 Å². The van der Waals surface area contributed by atoms with Crippen molar-refractivity contribution in [1.82, 2.24) is 4.90 Å². The predicted molar refractivity (Wildman–Crippen MR) is 128 cm³/mol. The molecule has 1 atom stereocenters. The number of benzene rings is 2. The summed E-state index contributed by atoms with van der Waals surface area (Å²) >= 11 is 6.24. The molecule has 2 fully saturated rings. The van der Waals surface area contributed by atoms with Crippen molar-refractivity contribution in [3.63, 3.8) is 0 Å². The van der Waals surface area contributed by atoms with Crippen molar-refractivity contribution in [2.24, 2.45) is 5.92 Å². The van der Waals surface area contributed by atoms with Crippen LogP contribution in [0.3, 0.4) is 0 Å². The van der Waals surface area contributed by atoms with Crippen LogP contribution in [0, 0.1) is 5.92 Å². The molecule has 2 aromatic rings. The average Bonchev–Trinajstić information content (AvgIpc) is 3.21. The summed E-state index contributed by atoms with van der Waals surface area (Å²) in [6, 6.07) is 12.9. The minimum absolute atomic E-state index is 0.0580. The van der Waals surface area contributed by atoms with Gasteiger partial charge in [-0.1, -0.05) is 18.5 Å². The summed E-state index contributed by atoms with van der Waals surface area (Å²) in [5.74, 6) is 0.0821. The van der Waals surface area contributed by atoms with Crippen molar-refractivity contribution in [2.45, 2.75) is 13.3 Å². The second-order valence-corrected chi connectivity index (χ2v) is 8.61. The highest BCUT2D eigenvalue weighted by molar-refractivity contribution is 6.31. The minimum Gasteiger partial charge on any atom is -0.497 e. The number of ether oxygens (including phenoxy) is 1. The lowest BCUT2D eigenvalue weighted by atomic mass is 10.1. The highest BCUT2D eigenvalue weighted by Crippen LogP contribution is 2.32. The highest BCUT2D eigenvalue weighted by atomic mass is 35.5. The van der Waals surface area contributed by atoms with Crippen molar-refractivity contribution in [2.75, 3.05) is 61.5 Å². The SMILES string of the molecule is CCN1CCN(c2ccc(Cl)cc2NC(=O)C2CC(=O)N(c3ccc(OC)cc3)C2)CC1. The van der Waals surface area contributed by atoms with Crippen LogP contribution in [0.5, 0.6) is 5.75 Å². The number of amides is 2. The molecule has 0 radical (unpaired) electrons. The van der Waals surface area contributed by atoms with Crippen LogP contribution in [0.4, 0.5) is 17.1 Å². The zero-order valence-corrected chi connectivity index (χ0v) is 19.3. The molecule has 32 heavy (non-hydrogen) atoms. The van der Waals surface area contributed by atoms with E-state index in [-0.39, 0.29) is 18.2 Å². The van der Waals surface area contributed by atoms with Crippen LogP contribution in [-0.2, 0) is 9.59 Å². The van der Waals surface area contributed by atoms with Crippen molar-refractivity contribution in [3.8, 4) is 5.75 Å². The maximum absolute atomic E-state index is 13.1. The Morgan fingerprint density at radius 1 is 1.12 bits per heavy atom. The third-order valence-corrected chi connectivity index (χ3v) is 6.49. The first kappa shape index (κ1) is 22.4. The lowest BCUT2D eigenvalue weighted by molar-refractivity contribution is -0.122. The van der Waals surface area contributed by atoms with Gasteiger partial charge in [0, 0.05) is 49.9 Å². The number of piperazine rings is 1. The van der Waals surface area contributed by atoms with Gasteiger partial charge in [0.1, 0.15) is 5.75 Å². The Morgan fingerprint density at radius 3 is 2.50 bits per heavy atom. The summed E-state index contributed by atoms with van der Waals surface area (Å²) in [5.41, 5.74) is 2.43. The lowest BCUT2D eigenvalue weighted by Crippen LogP contribution is -2.46. The van der Waals surface area contributed by atoms with Gasteiger partial charge in [-0.15, -0.1) is 0 Å². The first-order valence-electron chi connectivity index (χ1n) is 11.0. The summed E-state index contributed by atoms with van der Waals surface area (Å²) in [4.78, 5) is 32.1. The van der Waals surface area contributed by atoms with Gasteiger partial charge >= 0.3 is 0 Å². The number of nitrogens with zero attached hydrogens (tertiary/aromatic N) is 3. The molecule has 170 valence electrons. The van der Waals surface area contributed by atoms with E-state index in [1.165, 1.54) is 0 Å². The molecule has 2 aliphatic heterocycles. The maximum atomic E-state index is 13.1. The number of likely N-dealkylation sites (N-methyl/N-ethyl adjacent to an activating group) is 1. The van der Waals surface area contributed by atoms with Crippen molar-refractivity contribution in [1.29, 1.82) is 0 Å². The first-order valence-corrected chi connectivity index (χ1v) is 11.4. The fourth-order valence-electron chi connectivity index (χ4n) is 4.32. The molecule has 0 aliphatic carbocycles. The monoisotopic (exact) mass is 456 g/mol. The van der Waals surface area contributed by atoms with Gasteiger partial charge in [-0.2, -0.15) is 0 Å². The molecule has 4 rings (SSSR count). The number of halogens is 1. The molecule has 2 heterocycles. The third kappa shape index (κ3) is 4.84. The van der Waals surface area contributed by atoms with E-state index in [9.17, 15) is 9.59 Å². The summed E-state index contributed by atoms with van der Waals surface area (Å²) in [6.07, 6.45) is 0.183. The van der Waals surface area contributed by atoms with Gasteiger partial charge in [0.2, 0.25) is 11.8 Å². The van der Waals surface area contributed by atoms with E-state index in [4.69, 9.17) is 16.3 Å². The van der Waals surface area contributed by atoms with Crippen molar-refractivity contribution >= 4 is 40.5 Å². The number of anilines is 3. The van der Waals surface area contributed by atoms with E-state index in [1.807, 2.05) is 36.4 Å². The topological polar surface area (TPSA) is 65.1 Å². The van der Waals surface area contributed by atoms with Crippen LogP contribution in [0.1, 0.15) is 13.3 Å². The zero-order chi connectivity index (χ0) is 22.7. The van der Waals surface area contributed by atoms with Gasteiger partial charge in [0.25, 0.3) is 0 Å². The van der Waals surface area contributed by atoms with Gasteiger partial charge in [0.05, 0.1) is 24.4 Å². The van der Waals surface area contributed by atoms with Gasteiger partial charge in [-0.05, 0) is 49.0 Å². The minimum atomic E-state index is -0.423. The van der Waals surface area contributed by atoms with Crippen LogP contribution >= 0.6 is 11.6 Å². The fourth-order valence-corrected chi connectivity index (χ4v) is 4.49. The van der Waals surface area contributed by atoms with Gasteiger partial charge in [-0.3, -0.25) is 9.59 Å². The third-order valence-electron chi connectivity index (χ3n) is 6.26. The highest BCUT2D eigenvalue weighted by Gasteiger charge is 2.35. The van der Waals surface area contributed by atoms with Crippen molar-refractivity contribution < 1.29 is 14.3 Å². The Kier molecular flexibility index (Phi) is 6.86. The van der Waals surface area contributed by atoms with Crippen LogP contribution in [0.15, 0.2) is 42.5 Å². The number of carbonyl (C=O) groups excluding carboxylic acids is 2.